The molecule has 1 heterocycles. The number of hydrogen-bond donors (Lipinski definition) is 2. The number of halogens is 1. The van der Waals surface area contributed by atoms with Crippen molar-refractivity contribution in [1.29, 1.82) is 0 Å². The highest BCUT2D eigenvalue weighted by Gasteiger charge is 2.19. The van der Waals surface area contributed by atoms with Gasteiger partial charge in [-0.2, -0.15) is 0 Å². The van der Waals surface area contributed by atoms with E-state index < -0.39 is 5.97 Å². The van der Waals surface area contributed by atoms with E-state index in [1.165, 1.54) is 18.7 Å². The Balaban J connectivity index is 1.53. The zero-order valence-corrected chi connectivity index (χ0v) is 19.1. The minimum atomic E-state index is -0.906. The van der Waals surface area contributed by atoms with Crippen LogP contribution in [0.2, 0.25) is 0 Å². The van der Waals surface area contributed by atoms with Gasteiger partial charge in [0.1, 0.15) is 0 Å². The summed E-state index contributed by atoms with van der Waals surface area (Å²) in [6.07, 6.45) is 4.90. The second-order valence-corrected chi connectivity index (χ2v) is 8.52. The van der Waals surface area contributed by atoms with E-state index in [0.717, 1.165) is 72.3 Å². The Kier molecular flexibility index (Phi) is 7.04. The van der Waals surface area contributed by atoms with Crippen LogP contribution in [-0.2, 0) is 25.8 Å². The van der Waals surface area contributed by atoms with Crippen LogP contribution in [0.5, 0.6) is 5.75 Å². The van der Waals surface area contributed by atoms with E-state index in [-0.39, 0.29) is 11.6 Å². The number of nitrogens with zero attached hydrogens (tertiary/aromatic N) is 1. The molecule has 6 heteroatoms. The third-order valence-electron chi connectivity index (χ3n) is 6.24. The molecule has 3 aromatic rings. The van der Waals surface area contributed by atoms with Crippen LogP contribution in [0.25, 0.3) is 11.1 Å². The lowest BCUT2D eigenvalue weighted by Crippen LogP contribution is -2.19. The van der Waals surface area contributed by atoms with Crippen molar-refractivity contribution in [3.05, 3.63) is 81.9 Å². The van der Waals surface area contributed by atoms with E-state index in [2.05, 4.69) is 11.4 Å². The third-order valence-corrected chi connectivity index (χ3v) is 6.24. The summed E-state index contributed by atoms with van der Waals surface area (Å²) in [5.41, 5.74) is 7.41. The van der Waals surface area contributed by atoms with Gasteiger partial charge in [0, 0.05) is 12.2 Å². The molecule has 0 saturated carbocycles. The van der Waals surface area contributed by atoms with E-state index in [9.17, 15) is 14.3 Å². The Morgan fingerprint density at radius 1 is 1.15 bits per heavy atom. The lowest BCUT2D eigenvalue weighted by molar-refractivity contribution is 0.0696. The Hall–Kier alpha value is -3.25. The summed E-state index contributed by atoms with van der Waals surface area (Å²) >= 11 is 0. The molecule has 0 saturated heterocycles. The average molecular weight is 449 g/mol. The maximum absolute atomic E-state index is 13.6. The van der Waals surface area contributed by atoms with Crippen molar-refractivity contribution in [1.82, 2.24) is 10.3 Å². The van der Waals surface area contributed by atoms with E-state index in [1.807, 2.05) is 19.1 Å². The first-order chi connectivity index (χ1) is 16.0. The van der Waals surface area contributed by atoms with Crippen molar-refractivity contribution in [2.45, 2.75) is 45.6 Å². The molecule has 0 unspecified atom stereocenters. The summed E-state index contributed by atoms with van der Waals surface area (Å²) in [4.78, 5) is 16.6. The maximum atomic E-state index is 13.6. The van der Waals surface area contributed by atoms with Crippen molar-refractivity contribution in [2.75, 3.05) is 13.7 Å². The number of fused-ring (bicyclic) bond motifs is 1. The number of hydrogen-bond acceptors (Lipinski definition) is 4. The standard InChI is InChI=1S/C27H29FN2O3/c1-17-7-9-19(14-22(17)27(31)32)23-15-20(30-25-6-4-3-5-21(23)25)16-29-12-11-18-8-10-24(28)26(13-18)33-2/h7-10,13-15,29H,3-6,11-12,16H2,1-2H3,(H,31,32). The summed E-state index contributed by atoms with van der Waals surface area (Å²) in [5.74, 6) is -1.01. The molecule has 5 nitrogen and oxygen atoms in total. The smallest absolute Gasteiger partial charge is 0.335 e. The zero-order chi connectivity index (χ0) is 23.4. The predicted octanol–water partition coefficient (Wildman–Crippen LogP) is 5.11. The van der Waals surface area contributed by atoms with Crippen LogP contribution >= 0.6 is 0 Å². The lowest BCUT2D eigenvalue weighted by Gasteiger charge is -2.21. The molecule has 0 atom stereocenters. The van der Waals surface area contributed by atoms with E-state index in [0.29, 0.717) is 12.1 Å². The van der Waals surface area contributed by atoms with Gasteiger partial charge in [0.05, 0.1) is 18.4 Å². The minimum Gasteiger partial charge on any atom is -0.494 e. The highest BCUT2D eigenvalue weighted by molar-refractivity contribution is 5.91. The fourth-order valence-corrected chi connectivity index (χ4v) is 4.44. The number of carbonyl (C=O) groups is 1. The van der Waals surface area contributed by atoms with Gasteiger partial charge in [-0.05, 0) is 97.7 Å². The first-order valence-corrected chi connectivity index (χ1v) is 11.4. The van der Waals surface area contributed by atoms with Crippen LogP contribution in [0.1, 0.15) is 51.3 Å². The predicted molar refractivity (Wildman–Crippen MR) is 126 cm³/mol. The van der Waals surface area contributed by atoms with Gasteiger partial charge in [-0.1, -0.05) is 18.2 Å². The van der Waals surface area contributed by atoms with Gasteiger partial charge in [-0.25, -0.2) is 9.18 Å². The van der Waals surface area contributed by atoms with Gasteiger partial charge in [0.2, 0.25) is 0 Å². The quantitative estimate of drug-likeness (QED) is 0.469. The number of aromatic nitrogens is 1. The molecule has 0 radical (unpaired) electrons. The summed E-state index contributed by atoms with van der Waals surface area (Å²) in [5, 5.41) is 13.0. The number of nitrogens with one attached hydrogen (secondary N) is 1. The fourth-order valence-electron chi connectivity index (χ4n) is 4.44. The molecule has 33 heavy (non-hydrogen) atoms. The van der Waals surface area contributed by atoms with Crippen LogP contribution < -0.4 is 10.1 Å². The van der Waals surface area contributed by atoms with Crippen molar-refractivity contribution < 1.29 is 19.0 Å². The Morgan fingerprint density at radius 3 is 2.76 bits per heavy atom. The molecule has 1 aliphatic rings. The highest BCUT2D eigenvalue weighted by Crippen LogP contribution is 2.32. The maximum Gasteiger partial charge on any atom is 0.335 e. The van der Waals surface area contributed by atoms with Crippen molar-refractivity contribution >= 4 is 5.97 Å². The second-order valence-electron chi connectivity index (χ2n) is 8.52. The Morgan fingerprint density at radius 2 is 1.97 bits per heavy atom. The largest absolute Gasteiger partial charge is 0.494 e. The molecular formula is C27H29FN2O3. The molecule has 0 fully saturated rings. The van der Waals surface area contributed by atoms with E-state index >= 15 is 0 Å². The SMILES string of the molecule is COc1cc(CCNCc2cc(-c3ccc(C)c(C(=O)O)c3)c3c(n2)CCCC3)ccc1F. The topological polar surface area (TPSA) is 71.5 Å². The zero-order valence-electron chi connectivity index (χ0n) is 19.1. The van der Waals surface area contributed by atoms with Gasteiger partial charge < -0.3 is 15.2 Å². The van der Waals surface area contributed by atoms with Crippen molar-refractivity contribution in [3.8, 4) is 16.9 Å². The van der Waals surface area contributed by atoms with Gasteiger partial charge >= 0.3 is 5.97 Å². The second kappa shape index (κ2) is 10.1. The number of ether oxygens (including phenoxy) is 1. The van der Waals surface area contributed by atoms with Crippen molar-refractivity contribution in [2.24, 2.45) is 0 Å². The van der Waals surface area contributed by atoms with Crippen LogP contribution in [0.15, 0.2) is 42.5 Å². The number of rotatable bonds is 8. The highest BCUT2D eigenvalue weighted by atomic mass is 19.1. The van der Waals surface area contributed by atoms with Crippen LogP contribution in [0.4, 0.5) is 4.39 Å². The molecule has 0 aliphatic heterocycles. The first-order valence-electron chi connectivity index (χ1n) is 11.4. The lowest BCUT2D eigenvalue weighted by atomic mass is 9.88. The molecule has 172 valence electrons. The van der Waals surface area contributed by atoms with Gasteiger partial charge in [0.15, 0.2) is 11.6 Å². The number of methoxy groups -OCH3 is 1. The van der Waals surface area contributed by atoms with Gasteiger partial charge in [-0.15, -0.1) is 0 Å². The number of carboxylic acids is 1. The molecule has 2 aromatic carbocycles. The summed E-state index contributed by atoms with van der Waals surface area (Å²) in [6, 6.07) is 12.7. The fraction of sp³-hybridized carbons (Fsp3) is 0.333. The molecule has 1 aliphatic carbocycles. The Bertz CT molecular complexity index is 1180. The summed E-state index contributed by atoms with van der Waals surface area (Å²) < 4.78 is 18.7. The number of aromatic carboxylic acids is 1. The average Bonchev–Trinajstić information content (AvgIpc) is 2.82. The number of pyridine rings is 1. The summed E-state index contributed by atoms with van der Waals surface area (Å²) in [6.45, 7) is 3.15. The third kappa shape index (κ3) is 5.22. The molecular weight excluding hydrogens is 419 g/mol. The van der Waals surface area contributed by atoms with Crippen LogP contribution in [0, 0.1) is 12.7 Å². The molecule has 0 spiro atoms. The van der Waals surface area contributed by atoms with Crippen LogP contribution in [-0.4, -0.2) is 29.7 Å². The van der Waals surface area contributed by atoms with Crippen molar-refractivity contribution in [3.63, 3.8) is 0 Å². The van der Waals surface area contributed by atoms with E-state index in [4.69, 9.17) is 9.72 Å². The van der Waals surface area contributed by atoms with Gasteiger partial charge in [0.25, 0.3) is 0 Å². The number of carboxylic acid groups (broad SMARTS) is 1. The number of aryl methyl sites for hydroxylation is 2. The van der Waals surface area contributed by atoms with Gasteiger partial charge in [-0.3, -0.25) is 4.98 Å². The number of benzene rings is 2. The normalized spacial score (nSPS) is 12.9. The molecule has 2 N–H and O–H groups in total. The monoisotopic (exact) mass is 448 g/mol. The molecule has 1 aromatic heterocycles. The summed E-state index contributed by atoms with van der Waals surface area (Å²) in [7, 11) is 1.47. The van der Waals surface area contributed by atoms with E-state index in [1.54, 1.807) is 18.2 Å². The molecule has 4 rings (SSSR count). The minimum absolute atomic E-state index is 0.257. The molecule has 0 amide bonds. The first kappa shape index (κ1) is 22.9. The van der Waals surface area contributed by atoms with Crippen LogP contribution in [0.3, 0.4) is 0 Å². The Labute approximate surface area is 193 Å². The molecule has 0 bridgehead atoms.